The Morgan fingerprint density at radius 2 is 1.95 bits per heavy atom. The zero-order chi connectivity index (χ0) is 14.1. The molecule has 0 saturated heterocycles. The van der Waals surface area contributed by atoms with Gasteiger partial charge in [0.1, 0.15) is 11.6 Å². The molecule has 0 aromatic heterocycles. The average Bonchev–Trinajstić information content (AvgIpc) is 2.45. The first-order valence-corrected chi connectivity index (χ1v) is 6.61. The molecule has 2 nitrogen and oxygen atoms in total. The predicted octanol–water partition coefficient (Wildman–Crippen LogP) is 3.41. The van der Waals surface area contributed by atoms with E-state index < -0.39 is 17.7 Å². The summed E-state index contributed by atoms with van der Waals surface area (Å²) < 4.78 is 26.7. The number of aliphatic hydroxyl groups excluding tert-OH is 1. The standard InChI is InChI=1S/C16H15F2NO/c17-12-6-5-11(14(18)9-12)10-19-8-7-16(20)13-3-1-2-4-15(13)19/h1-6,9,16,20H,7-8,10H2. The predicted molar refractivity (Wildman–Crippen MR) is 73.4 cm³/mol. The van der Waals surface area contributed by atoms with Crippen LogP contribution in [0.3, 0.4) is 0 Å². The van der Waals surface area contributed by atoms with Gasteiger partial charge in [0, 0.05) is 36.0 Å². The maximum Gasteiger partial charge on any atom is 0.131 e. The maximum atomic E-state index is 13.7. The van der Waals surface area contributed by atoms with Crippen LogP contribution < -0.4 is 4.90 Å². The molecule has 104 valence electrons. The Morgan fingerprint density at radius 1 is 1.15 bits per heavy atom. The van der Waals surface area contributed by atoms with Gasteiger partial charge in [-0.05, 0) is 18.6 Å². The van der Waals surface area contributed by atoms with E-state index >= 15 is 0 Å². The number of fused-ring (bicyclic) bond motifs is 1. The van der Waals surface area contributed by atoms with Crippen molar-refractivity contribution in [1.29, 1.82) is 0 Å². The molecule has 1 N–H and O–H groups in total. The number of halogens is 2. The van der Waals surface area contributed by atoms with Gasteiger partial charge in [-0.2, -0.15) is 0 Å². The van der Waals surface area contributed by atoms with Crippen LogP contribution in [0.5, 0.6) is 0 Å². The van der Waals surface area contributed by atoms with Crippen LogP contribution in [0.15, 0.2) is 42.5 Å². The summed E-state index contributed by atoms with van der Waals surface area (Å²) in [5, 5.41) is 9.99. The van der Waals surface area contributed by atoms with Crippen molar-refractivity contribution in [3.63, 3.8) is 0 Å². The molecular weight excluding hydrogens is 260 g/mol. The largest absolute Gasteiger partial charge is 0.388 e. The highest BCUT2D eigenvalue weighted by Gasteiger charge is 2.23. The maximum absolute atomic E-state index is 13.7. The quantitative estimate of drug-likeness (QED) is 0.908. The Morgan fingerprint density at radius 3 is 2.75 bits per heavy atom. The zero-order valence-electron chi connectivity index (χ0n) is 10.9. The molecule has 2 aromatic carbocycles. The fourth-order valence-corrected chi connectivity index (χ4v) is 2.63. The molecule has 0 fully saturated rings. The lowest BCUT2D eigenvalue weighted by Gasteiger charge is -2.34. The molecule has 1 atom stereocenters. The Kier molecular flexibility index (Phi) is 3.40. The number of rotatable bonds is 2. The normalized spacial score (nSPS) is 17.9. The summed E-state index contributed by atoms with van der Waals surface area (Å²) in [6.45, 7) is 1.02. The molecule has 0 spiro atoms. The number of hydrogen-bond donors (Lipinski definition) is 1. The van der Waals surface area contributed by atoms with Crippen LogP contribution in [0.25, 0.3) is 0 Å². The summed E-state index contributed by atoms with van der Waals surface area (Å²) in [7, 11) is 0. The van der Waals surface area contributed by atoms with Crippen LogP contribution in [0.2, 0.25) is 0 Å². The van der Waals surface area contributed by atoms with Gasteiger partial charge in [0.25, 0.3) is 0 Å². The molecule has 4 heteroatoms. The van der Waals surface area contributed by atoms with E-state index in [0.29, 0.717) is 25.1 Å². The average molecular weight is 275 g/mol. The topological polar surface area (TPSA) is 23.5 Å². The lowest BCUT2D eigenvalue weighted by Crippen LogP contribution is -2.31. The van der Waals surface area contributed by atoms with Gasteiger partial charge in [-0.25, -0.2) is 8.78 Å². The van der Waals surface area contributed by atoms with Gasteiger partial charge in [-0.3, -0.25) is 0 Å². The third-order valence-electron chi connectivity index (χ3n) is 3.69. The molecule has 0 saturated carbocycles. The summed E-state index contributed by atoms with van der Waals surface area (Å²) in [4.78, 5) is 2.01. The lowest BCUT2D eigenvalue weighted by atomic mass is 9.98. The van der Waals surface area contributed by atoms with Gasteiger partial charge in [0.2, 0.25) is 0 Å². The molecule has 0 bridgehead atoms. The van der Waals surface area contributed by atoms with Crippen molar-refractivity contribution in [2.24, 2.45) is 0 Å². The second kappa shape index (κ2) is 5.21. The summed E-state index contributed by atoms with van der Waals surface area (Å²) >= 11 is 0. The lowest BCUT2D eigenvalue weighted by molar-refractivity contribution is 0.164. The Balaban J connectivity index is 1.90. The van der Waals surface area contributed by atoms with Crippen LogP contribution in [0.1, 0.15) is 23.7 Å². The van der Waals surface area contributed by atoms with Crippen LogP contribution in [-0.4, -0.2) is 11.7 Å². The monoisotopic (exact) mass is 275 g/mol. The fraction of sp³-hybridized carbons (Fsp3) is 0.250. The Labute approximate surface area is 116 Å². The third-order valence-corrected chi connectivity index (χ3v) is 3.69. The van der Waals surface area contributed by atoms with Crippen LogP contribution in [0.4, 0.5) is 14.5 Å². The number of nitrogens with zero attached hydrogens (tertiary/aromatic N) is 1. The van der Waals surface area contributed by atoms with Crippen molar-refractivity contribution >= 4 is 5.69 Å². The molecule has 0 amide bonds. The molecule has 1 aliphatic heterocycles. The highest BCUT2D eigenvalue weighted by atomic mass is 19.1. The van der Waals surface area contributed by atoms with E-state index in [1.165, 1.54) is 12.1 Å². The highest BCUT2D eigenvalue weighted by Crippen LogP contribution is 2.34. The van der Waals surface area contributed by atoms with E-state index in [9.17, 15) is 13.9 Å². The molecule has 1 unspecified atom stereocenters. The van der Waals surface area contributed by atoms with Crippen LogP contribution in [0, 0.1) is 11.6 Å². The molecule has 20 heavy (non-hydrogen) atoms. The number of benzene rings is 2. The minimum atomic E-state index is -0.569. The molecule has 0 aliphatic carbocycles. The van der Waals surface area contributed by atoms with Gasteiger partial charge in [-0.15, -0.1) is 0 Å². The van der Waals surface area contributed by atoms with Gasteiger partial charge in [-0.1, -0.05) is 24.3 Å². The highest BCUT2D eigenvalue weighted by molar-refractivity contribution is 5.56. The van der Waals surface area contributed by atoms with E-state index in [-0.39, 0.29) is 0 Å². The minimum Gasteiger partial charge on any atom is -0.388 e. The van der Waals surface area contributed by atoms with Crippen LogP contribution >= 0.6 is 0 Å². The number of para-hydroxylation sites is 1. The molecule has 1 aliphatic rings. The number of anilines is 1. The summed E-state index contributed by atoms with van der Waals surface area (Å²) in [5.41, 5.74) is 2.23. The van der Waals surface area contributed by atoms with E-state index in [2.05, 4.69) is 0 Å². The fourth-order valence-electron chi connectivity index (χ4n) is 2.63. The van der Waals surface area contributed by atoms with E-state index in [1.54, 1.807) is 0 Å². The van der Waals surface area contributed by atoms with Crippen molar-refractivity contribution in [1.82, 2.24) is 0 Å². The Bertz CT molecular complexity index is 630. The molecular formula is C16H15F2NO. The summed E-state index contributed by atoms with van der Waals surface area (Å²) in [6.07, 6.45) is 0.139. The second-order valence-corrected chi connectivity index (χ2v) is 5.02. The smallest absolute Gasteiger partial charge is 0.131 e. The SMILES string of the molecule is OC1CCN(Cc2ccc(F)cc2F)c2ccccc21. The summed E-state index contributed by atoms with van der Waals surface area (Å²) in [5.74, 6) is -1.10. The van der Waals surface area contributed by atoms with Crippen molar-refractivity contribution in [2.75, 3.05) is 11.4 Å². The van der Waals surface area contributed by atoms with Gasteiger partial charge >= 0.3 is 0 Å². The molecule has 1 heterocycles. The first-order valence-electron chi connectivity index (χ1n) is 6.61. The van der Waals surface area contributed by atoms with Crippen LogP contribution in [-0.2, 0) is 6.54 Å². The van der Waals surface area contributed by atoms with Crippen molar-refractivity contribution in [3.8, 4) is 0 Å². The van der Waals surface area contributed by atoms with E-state index in [0.717, 1.165) is 17.3 Å². The summed E-state index contributed by atoms with van der Waals surface area (Å²) in [6, 6.07) is 11.2. The number of aliphatic hydroxyl groups is 1. The van der Waals surface area contributed by atoms with Crippen molar-refractivity contribution in [2.45, 2.75) is 19.1 Å². The Hall–Kier alpha value is -1.94. The van der Waals surface area contributed by atoms with Crippen molar-refractivity contribution < 1.29 is 13.9 Å². The van der Waals surface area contributed by atoms with E-state index in [4.69, 9.17) is 0 Å². The van der Waals surface area contributed by atoms with Gasteiger partial charge < -0.3 is 10.0 Å². The molecule has 0 radical (unpaired) electrons. The van der Waals surface area contributed by atoms with Gasteiger partial charge in [0.15, 0.2) is 0 Å². The molecule has 2 aromatic rings. The van der Waals surface area contributed by atoms with Crippen molar-refractivity contribution in [3.05, 3.63) is 65.2 Å². The minimum absolute atomic E-state index is 0.371. The third kappa shape index (κ3) is 2.39. The first kappa shape index (κ1) is 13.1. The van der Waals surface area contributed by atoms with Gasteiger partial charge in [0.05, 0.1) is 6.10 Å². The number of hydrogen-bond acceptors (Lipinski definition) is 2. The second-order valence-electron chi connectivity index (χ2n) is 5.02. The molecule has 3 rings (SSSR count). The zero-order valence-corrected chi connectivity index (χ0v) is 10.9. The van der Waals surface area contributed by atoms with E-state index in [1.807, 2.05) is 29.2 Å². The first-order chi connectivity index (χ1) is 9.65.